The van der Waals surface area contributed by atoms with Crippen molar-refractivity contribution in [1.82, 2.24) is 14.9 Å². The number of rotatable bonds is 6. The third kappa shape index (κ3) is 4.13. The molecule has 34 heavy (non-hydrogen) atoms. The molecule has 5 rings (SSSR count). The zero-order valence-electron chi connectivity index (χ0n) is 18.3. The van der Waals surface area contributed by atoms with Gasteiger partial charge in [-0.3, -0.25) is 14.9 Å². The second kappa shape index (κ2) is 9.18. The fourth-order valence-electron chi connectivity index (χ4n) is 4.20. The summed E-state index contributed by atoms with van der Waals surface area (Å²) >= 11 is 0. The van der Waals surface area contributed by atoms with Crippen LogP contribution in [0.2, 0.25) is 0 Å². The van der Waals surface area contributed by atoms with E-state index in [1.807, 2.05) is 47.4 Å². The highest BCUT2D eigenvalue weighted by atomic mass is 16.6. The minimum atomic E-state index is -0.457. The Balaban J connectivity index is 1.34. The predicted molar refractivity (Wildman–Crippen MR) is 127 cm³/mol. The highest BCUT2D eigenvalue weighted by Gasteiger charge is 2.31. The molecule has 0 atom stereocenters. The van der Waals surface area contributed by atoms with Gasteiger partial charge >= 0.3 is 5.69 Å². The van der Waals surface area contributed by atoms with Crippen molar-refractivity contribution >= 4 is 34.0 Å². The Hall–Kier alpha value is -4.47. The summed E-state index contributed by atoms with van der Waals surface area (Å²) in [5, 5.41) is 17.3. The number of fused-ring (bicyclic) bond motifs is 1. The molecule has 1 aliphatic heterocycles. The number of carbonyl (C=O) groups is 1. The second-order valence-electron chi connectivity index (χ2n) is 7.90. The van der Waals surface area contributed by atoms with E-state index in [1.165, 1.54) is 12.6 Å². The molecule has 0 unspecified atom stereocenters. The lowest BCUT2D eigenvalue weighted by atomic mass is 10.0. The predicted octanol–water partition coefficient (Wildman–Crippen LogP) is 3.71. The van der Waals surface area contributed by atoms with Gasteiger partial charge < -0.3 is 19.5 Å². The largest absolute Gasteiger partial charge is 0.459 e. The molecular formula is C24H22N6O4. The van der Waals surface area contributed by atoms with Crippen LogP contribution in [0.1, 0.15) is 16.1 Å². The molecule has 1 aliphatic rings. The number of furan rings is 1. The van der Waals surface area contributed by atoms with E-state index in [9.17, 15) is 14.9 Å². The summed E-state index contributed by atoms with van der Waals surface area (Å²) in [4.78, 5) is 35.9. The molecule has 1 saturated heterocycles. The lowest BCUT2D eigenvalue weighted by molar-refractivity contribution is -0.383. The molecule has 1 fully saturated rings. The highest BCUT2D eigenvalue weighted by molar-refractivity contribution is 5.91. The van der Waals surface area contributed by atoms with Gasteiger partial charge in [0.25, 0.3) is 5.91 Å². The van der Waals surface area contributed by atoms with Gasteiger partial charge in [0.2, 0.25) is 11.6 Å². The highest BCUT2D eigenvalue weighted by Crippen LogP contribution is 2.33. The average molecular weight is 458 g/mol. The van der Waals surface area contributed by atoms with Gasteiger partial charge in [-0.2, -0.15) is 0 Å². The number of nitrogens with zero attached hydrogens (tertiary/aromatic N) is 5. The van der Waals surface area contributed by atoms with Crippen molar-refractivity contribution in [1.29, 1.82) is 0 Å². The van der Waals surface area contributed by atoms with Crippen molar-refractivity contribution in [2.45, 2.75) is 6.54 Å². The smallest absolute Gasteiger partial charge is 0.353 e. The van der Waals surface area contributed by atoms with E-state index >= 15 is 0 Å². The normalized spacial score (nSPS) is 13.8. The van der Waals surface area contributed by atoms with Crippen LogP contribution in [0.4, 0.5) is 17.3 Å². The molecule has 10 heteroatoms. The first-order valence-electron chi connectivity index (χ1n) is 10.9. The van der Waals surface area contributed by atoms with E-state index in [4.69, 9.17) is 4.42 Å². The van der Waals surface area contributed by atoms with E-state index in [-0.39, 0.29) is 29.0 Å². The fourth-order valence-corrected chi connectivity index (χ4v) is 4.20. The number of benzene rings is 2. The van der Waals surface area contributed by atoms with Gasteiger partial charge in [-0.05, 0) is 28.5 Å². The van der Waals surface area contributed by atoms with Gasteiger partial charge in [-0.1, -0.05) is 42.5 Å². The Labute approximate surface area is 195 Å². The van der Waals surface area contributed by atoms with Crippen LogP contribution in [0.25, 0.3) is 10.8 Å². The summed E-state index contributed by atoms with van der Waals surface area (Å²) in [6.07, 6.45) is 2.79. The Morgan fingerprint density at radius 3 is 2.59 bits per heavy atom. The molecule has 1 amide bonds. The van der Waals surface area contributed by atoms with Crippen LogP contribution in [0.3, 0.4) is 0 Å². The molecular weight excluding hydrogens is 436 g/mol. The summed E-state index contributed by atoms with van der Waals surface area (Å²) < 4.78 is 5.19. The van der Waals surface area contributed by atoms with Gasteiger partial charge in [-0.15, -0.1) is 0 Å². The molecule has 4 aromatic rings. The van der Waals surface area contributed by atoms with Crippen LogP contribution in [-0.2, 0) is 6.54 Å². The lowest BCUT2D eigenvalue weighted by Gasteiger charge is -2.34. The molecule has 10 nitrogen and oxygen atoms in total. The fraction of sp³-hybridized carbons (Fsp3) is 0.208. The van der Waals surface area contributed by atoms with Crippen LogP contribution in [0.15, 0.2) is 71.6 Å². The minimum absolute atomic E-state index is 0.164. The third-order valence-electron chi connectivity index (χ3n) is 5.91. The molecule has 2 aromatic carbocycles. The summed E-state index contributed by atoms with van der Waals surface area (Å²) in [5.41, 5.74) is 0.839. The first-order valence-corrected chi connectivity index (χ1v) is 10.9. The number of anilines is 2. The molecule has 0 aliphatic carbocycles. The number of nitrogens with one attached hydrogen (secondary N) is 1. The number of piperazine rings is 1. The van der Waals surface area contributed by atoms with Crippen molar-refractivity contribution < 1.29 is 14.1 Å². The maximum atomic E-state index is 12.5. The van der Waals surface area contributed by atoms with E-state index < -0.39 is 4.92 Å². The van der Waals surface area contributed by atoms with Crippen LogP contribution in [0, 0.1) is 10.1 Å². The van der Waals surface area contributed by atoms with Crippen LogP contribution in [-0.4, -0.2) is 51.9 Å². The van der Waals surface area contributed by atoms with Gasteiger partial charge in [0.1, 0.15) is 6.33 Å². The van der Waals surface area contributed by atoms with Crippen molar-refractivity contribution in [2.75, 3.05) is 36.4 Å². The molecule has 0 saturated carbocycles. The van der Waals surface area contributed by atoms with Gasteiger partial charge in [0.15, 0.2) is 5.76 Å². The van der Waals surface area contributed by atoms with Crippen molar-refractivity contribution in [2.24, 2.45) is 0 Å². The molecule has 1 N–H and O–H groups in total. The number of amides is 1. The molecule has 2 aromatic heterocycles. The van der Waals surface area contributed by atoms with Crippen LogP contribution < -0.4 is 10.2 Å². The summed E-state index contributed by atoms with van der Waals surface area (Å²) in [5.74, 6) is 0.489. The Bertz CT molecular complexity index is 1330. The van der Waals surface area contributed by atoms with E-state index in [0.717, 1.165) is 16.3 Å². The summed E-state index contributed by atoms with van der Waals surface area (Å²) in [7, 11) is 0. The van der Waals surface area contributed by atoms with E-state index in [0.29, 0.717) is 32.7 Å². The van der Waals surface area contributed by atoms with Gasteiger partial charge in [0.05, 0.1) is 11.2 Å². The lowest BCUT2D eigenvalue weighted by Crippen LogP contribution is -2.49. The number of hydrogen-bond donors (Lipinski definition) is 1. The molecule has 3 heterocycles. The molecule has 172 valence electrons. The topological polar surface area (TPSA) is 118 Å². The third-order valence-corrected chi connectivity index (χ3v) is 5.91. The van der Waals surface area contributed by atoms with E-state index in [2.05, 4.69) is 15.3 Å². The zero-order chi connectivity index (χ0) is 23.5. The van der Waals surface area contributed by atoms with E-state index in [1.54, 1.807) is 17.0 Å². The van der Waals surface area contributed by atoms with Crippen molar-refractivity contribution in [3.05, 3.63) is 88.6 Å². The average Bonchev–Trinajstić information content (AvgIpc) is 3.42. The molecule has 0 spiro atoms. The SMILES string of the molecule is O=C(c1ccco1)N1CCN(c2ncnc(NCc3cccc4ccccc34)c2[N+](=O)[O-])CC1. The Morgan fingerprint density at radius 1 is 1.03 bits per heavy atom. The Morgan fingerprint density at radius 2 is 1.82 bits per heavy atom. The number of aromatic nitrogens is 2. The van der Waals surface area contributed by atoms with Crippen LogP contribution in [0.5, 0.6) is 0 Å². The second-order valence-corrected chi connectivity index (χ2v) is 7.90. The summed E-state index contributed by atoms with van der Waals surface area (Å²) in [6, 6.07) is 17.3. The number of carbonyl (C=O) groups excluding carboxylic acids is 1. The quantitative estimate of drug-likeness (QED) is 0.343. The zero-order valence-corrected chi connectivity index (χ0v) is 18.3. The van der Waals surface area contributed by atoms with Gasteiger partial charge in [-0.25, -0.2) is 9.97 Å². The number of nitro groups is 1. The Kier molecular flexibility index (Phi) is 5.77. The maximum absolute atomic E-state index is 12.5. The monoisotopic (exact) mass is 458 g/mol. The summed E-state index contributed by atoms with van der Waals surface area (Å²) in [6.45, 7) is 2.00. The standard InChI is InChI=1S/C24H22N6O4/c31-24(20-9-4-14-34-20)29-12-10-28(11-13-29)23-21(30(32)33)22(26-16-27-23)25-15-18-7-3-6-17-5-1-2-8-19(17)18/h1-9,14,16H,10-13,15H2,(H,25,26,27). The van der Waals surface area contributed by atoms with Gasteiger partial charge in [0, 0.05) is 32.7 Å². The minimum Gasteiger partial charge on any atom is -0.459 e. The van der Waals surface area contributed by atoms with Crippen LogP contribution >= 0.6 is 0 Å². The maximum Gasteiger partial charge on any atom is 0.353 e. The first-order chi connectivity index (χ1) is 16.6. The van der Waals surface area contributed by atoms with Crippen molar-refractivity contribution in [3.8, 4) is 0 Å². The first kappa shape index (κ1) is 21.4. The number of hydrogen-bond acceptors (Lipinski definition) is 8. The molecule has 0 bridgehead atoms. The molecule has 0 radical (unpaired) electrons. The van der Waals surface area contributed by atoms with Crippen molar-refractivity contribution in [3.63, 3.8) is 0 Å².